The molecule has 1 aromatic carbocycles. The van der Waals surface area contributed by atoms with Crippen LogP contribution < -0.4 is 0 Å². The average Bonchev–Trinajstić information content (AvgIpc) is 3.36. The highest BCUT2D eigenvalue weighted by Crippen LogP contribution is 2.16. The first-order chi connectivity index (χ1) is 13.5. The molecule has 0 saturated heterocycles. The molecular weight excluding hydrogens is 429 g/mol. The van der Waals surface area contributed by atoms with Crippen LogP contribution in [0.4, 0.5) is 0 Å². The van der Waals surface area contributed by atoms with Gasteiger partial charge in [0.15, 0.2) is 0 Å². The quantitative estimate of drug-likeness (QED) is 0.359. The van der Waals surface area contributed by atoms with Crippen LogP contribution in [0.15, 0.2) is 69.9 Å². The molecule has 2 aromatic heterocycles. The van der Waals surface area contributed by atoms with Crippen LogP contribution in [0.3, 0.4) is 0 Å². The van der Waals surface area contributed by atoms with Gasteiger partial charge < -0.3 is 18.6 Å². The van der Waals surface area contributed by atoms with Gasteiger partial charge in [0.1, 0.15) is 20.2 Å². The van der Waals surface area contributed by atoms with Crippen LogP contribution in [0, 0.1) is 0 Å². The van der Waals surface area contributed by atoms with Gasteiger partial charge in [0.25, 0.3) is 0 Å². The number of hydrogen-bond donors (Lipinski definition) is 2. The zero-order valence-corrected chi connectivity index (χ0v) is 18.4. The molecule has 0 aliphatic carbocycles. The van der Waals surface area contributed by atoms with Crippen LogP contribution in [0.5, 0.6) is 0 Å². The van der Waals surface area contributed by atoms with E-state index in [1.54, 1.807) is 12.5 Å². The fourth-order valence-electron chi connectivity index (χ4n) is 2.75. The summed E-state index contributed by atoms with van der Waals surface area (Å²) in [6, 6.07) is 15.9. The molecule has 0 radical (unpaired) electrons. The normalized spacial score (nSPS) is 10.6. The molecule has 0 N–H and O–H groups in total. The molecular formula is C20H20N2O2S4. The van der Waals surface area contributed by atoms with Crippen molar-refractivity contribution in [3.8, 4) is 0 Å². The predicted molar refractivity (Wildman–Crippen MR) is 126 cm³/mol. The summed E-state index contributed by atoms with van der Waals surface area (Å²) < 4.78 is 11.9. The van der Waals surface area contributed by atoms with Crippen molar-refractivity contribution >= 4 is 58.3 Å². The monoisotopic (exact) mass is 448 g/mol. The lowest BCUT2D eigenvalue weighted by atomic mass is 10.1. The minimum absolute atomic E-state index is 0.533. The maximum atomic E-state index is 5.41. The molecule has 0 aliphatic rings. The lowest BCUT2D eigenvalue weighted by Crippen LogP contribution is -2.25. The van der Waals surface area contributed by atoms with E-state index in [-0.39, 0.29) is 0 Å². The van der Waals surface area contributed by atoms with Crippen molar-refractivity contribution < 1.29 is 8.83 Å². The van der Waals surface area contributed by atoms with Gasteiger partial charge in [-0.25, -0.2) is 0 Å². The predicted octanol–water partition coefficient (Wildman–Crippen LogP) is 5.31. The second-order valence-electron chi connectivity index (χ2n) is 6.25. The molecule has 0 bridgehead atoms. The maximum Gasteiger partial charge on any atom is 0.133 e. The van der Waals surface area contributed by atoms with Crippen molar-refractivity contribution in [1.82, 2.24) is 9.80 Å². The third kappa shape index (κ3) is 6.13. The topological polar surface area (TPSA) is 32.8 Å². The van der Waals surface area contributed by atoms with Crippen molar-refractivity contribution in [1.29, 1.82) is 0 Å². The minimum atomic E-state index is 0.533. The van der Waals surface area contributed by atoms with Gasteiger partial charge in [-0.05, 0) is 35.4 Å². The van der Waals surface area contributed by atoms with Gasteiger partial charge in [0, 0.05) is 13.1 Å². The Bertz CT molecular complexity index is 818. The molecule has 3 rings (SSSR count). The maximum absolute atomic E-state index is 5.41. The van der Waals surface area contributed by atoms with Crippen molar-refractivity contribution in [2.45, 2.75) is 26.2 Å². The number of rotatable bonds is 8. The van der Waals surface area contributed by atoms with Crippen molar-refractivity contribution in [3.63, 3.8) is 0 Å². The number of benzene rings is 1. The first kappa shape index (κ1) is 21.0. The first-order valence-corrected chi connectivity index (χ1v) is 10.3. The molecule has 8 heteroatoms. The number of furan rings is 2. The van der Waals surface area contributed by atoms with Gasteiger partial charge in [-0.3, -0.25) is 0 Å². The van der Waals surface area contributed by atoms with Crippen LogP contribution in [0.25, 0.3) is 0 Å². The van der Waals surface area contributed by atoms with Crippen molar-refractivity contribution in [2.24, 2.45) is 0 Å². The van der Waals surface area contributed by atoms with E-state index in [0.717, 1.165) is 22.6 Å². The Kier molecular flexibility index (Phi) is 7.61. The second-order valence-corrected chi connectivity index (χ2v) is 8.48. The van der Waals surface area contributed by atoms with E-state index in [2.05, 4.69) is 49.5 Å². The molecule has 0 fully saturated rings. The standard InChI is InChI=1S/C20H20N2O2S4/c25-19(26)21(13-17-3-1-9-23-17)11-15-5-7-16(8-6-15)12-22(20(27)28)14-18-4-2-10-24-18/h1-10H,11-14H2,(H,25,26)(H,27,28). The number of hydrogen-bond acceptors (Lipinski definition) is 4. The highest BCUT2D eigenvalue weighted by molar-refractivity contribution is 8.11. The molecule has 3 aromatic rings. The van der Waals surface area contributed by atoms with Gasteiger partial charge in [0.2, 0.25) is 0 Å². The molecule has 146 valence electrons. The van der Waals surface area contributed by atoms with Crippen LogP contribution in [-0.4, -0.2) is 18.4 Å². The SMILES string of the molecule is S=C(S)N(Cc1ccc(CN(Cc2ccco2)C(=S)S)cc1)Cc1ccco1. The second kappa shape index (κ2) is 10.2. The molecule has 0 spiro atoms. The highest BCUT2D eigenvalue weighted by atomic mass is 32.1. The van der Waals surface area contributed by atoms with Crippen LogP contribution in [-0.2, 0) is 26.2 Å². The smallest absolute Gasteiger partial charge is 0.133 e. The van der Waals surface area contributed by atoms with E-state index in [0.29, 0.717) is 34.8 Å². The van der Waals surface area contributed by atoms with E-state index in [4.69, 9.17) is 33.3 Å². The summed E-state index contributed by atoms with van der Waals surface area (Å²) >= 11 is 19.2. The zero-order valence-electron chi connectivity index (χ0n) is 15.0. The molecule has 0 amide bonds. The Morgan fingerprint density at radius 2 is 1.07 bits per heavy atom. The molecule has 2 heterocycles. The zero-order chi connectivity index (χ0) is 19.9. The van der Waals surface area contributed by atoms with E-state index in [1.165, 1.54) is 0 Å². The Balaban J connectivity index is 1.63. The average molecular weight is 449 g/mol. The summed E-state index contributed by atoms with van der Waals surface area (Å²) in [4.78, 5) is 3.97. The lowest BCUT2D eigenvalue weighted by molar-refractivity contribution is 0.364. The molecule has 0 aliphatic heterocycles. The Morgan fingerprint density at radius 1 is 0.679 bits per heavy atom. The molecule has 28 heavy (non-hydrogen) atoms. The van der Waals surface area contributed by atoms with E-state index in [9.17, 15) is 0 Å². The fourth-order valence-corrected chi connectivity index (χ4v) is 3.30. The summed E-state index contributed by atoms with van der Waals surface area (Å²) in [6.45, 7) is 2.48. The number of thiol groups is 2. The summed E-state index contributed by atoms with van der Waals surface area (Å²) in [5.74, 6) is 1.70. The largest absolute Gasteiger partial charge is 0.467 e. The summed E-state index contributed by atoms with van der Waals surface area (Å²) in [5, 5.41) is 0. The van der Waals surface area contributed by atoms with Gasteiger partial charge in [-0.15, -0.1) is 25.3 Å². The molecule has 0 unspecified atom stereocenters. The van der Waals surface area contributed by atoms with Gasteiger partial charge in [0.05, 0.1) is 25.6 Å². The summed E-state index contributed by atoms with van der Waals surface area (Å²) in [5.41, 5.74) is 2.27. The Morgan fingerprint density at radius 3 is 1.36 bits per heavy atom. The van der Waals surface area contributed by atoms with Crippen LogP contribution >= 0.6 is 49.7 Å². The fraction of sp³-hybridized carbons (Fsp3) is 0.200. The van der Waals surface area contributed by atoms with E-state index >= 15 is 0 Å². The molecule has 4 nitrogen and oxygen atoms in total. The van der Waals surface area contributed by atoms with Gasteiger partial charge >= 0.3 is 0 Å². The van der Waals surface area contributed by atoms with Crippen molar-refractivity contribution in [2.75, 3.05) is 0 Å². The Hall–Kier alpha value is -1.74. The van der Waals surface area contributed by atoms with Gasteiger partial charge in [-0.1, -0.05) is 48.7 Å². The van der Waals surface area contributed by atoms with Crippen LogP contribution in [0.2, 0.25) is 0 Å². The highest BCUT2D eigenvalue weighted by Gasteiger charge is 2.12. The van der Waals surface area contributed by atoms with Crippen molar-refractivity contribution in [3.05, 3.63) is 83.7 Å². The minimum Gasteiger partial charge on any atom is -0.467 e. The summed E-state index contributed by atoms with van der Waals surface area (Å²) in [7, 11) is 0. The number of nitrogens with zero attached hydrogens (tertiary/aromatic N) is 2. The number of thiocarbonyl (C=S) groups is 2. The summed E-state index contributed by atoms with van der Waals surface area (Å²) in [6.07, 6.45) is 3.31. The lowest BCUT2D eigenvalue weighted by Gasteiger charge is -2.23. The molecule has 0 atom stereocenters. The third-order valence-electron chi connectivity index (χ3n) is 4.16. The van der Waals surface area contributed by atoms with E-state index in [1.807, 2.05) is 34.1 Å². The molecule has 0 saturated carbocycles. The first-order valence-electron chi connectivity index (χ1n) is 8.59. The van der Waals surface area contributed by atoms with E-state index < -0.39 is 0 Å². The van der Waals surface area contributed by atoms with Gasteiger partial charge in [-0.2, -0.15) is 0 Å². The Labute approximate surface area is 186 Å². The third-order valence-corrected chi connectivity index (χ3v) is 5.25. The van der Waals surface area contributed by atoms with Crippen LogP contribution in [0.1, 0.15) is 22.6 Å².